The first-order chi connectivity index (χ1) is 15.9. The summed E-state index contributed by atoms with van der Waals surface area (Å²) in [6, 6.07) is 6.15. The summed E-state index contributed by atoms with van der Waals surface area (Å²) in [6.45, 7) is 4.39. The molecule has 3 N–H and O–H groups in total. The molecule has 1 aromatic carbocycles. The van der Waals surface area contributed by atoms with Gasteiger partial charge in [0.25, 0.3) is 5.88 Å². The first-order valence-corrected chi connectivity index (χ1v) is 11.0. The molecule has 1 unspecified atom stereocenters. The number of rotatable bonds is 5. The molecule has 4 heterocycles. The van der Waals surface area contributed by atoms with Crippen molar-refractivity contribution in [2.75, 3.05) is 32.5 Å². The summed E-state index contributed by atoms with van der Waals surface area (Å²) in [5, 5.41) is 7.29. The minimum Gasteiger partial charge on any atom is -0.447 e. The summed E-state index contributed by atoms with van der Waals surface area (Å²) in [5.41, 5.74) is 9.51. The lowest BCUT2D eigenvalue weighted by atomic mass is 10.00. The van der Waals surface area contributed by atoms with E-state index in [-0.39, 0.29) is 17.7 Å². The fraction of sp³-hybridized carbons (Fsp3) is 0.391. The number of nitrogens with one attached hydrogen (secondary N) is 1. The molecule has 0 radical (unpaired) electrons. The van der Waals surface area contributed by atoms with E-state index in [9.17, 15) is 4.79 Å². The van der Waals surface area contributed by atoms with Crippen molar-refractivity contribution < 1.29 is 14.3 Å². The lowest BCUT2D eigenvalue weighted by Crippen LogP contribution is -2.31. The number of ether oxygens (including phenoxy) is 2. The SMILES string of the molecule is Cc1cc(-c2cnc(N)c(Oc3cnn(C4CCN(C)CC4)c3)n2)cc(C2COC(=O)N2)c1. The van der Waals surface area contributed by atoms with Gasteiger partial charge in [0.1, 0.15) is 6.61 Å². The molecule has 2 saturated heterocycles. The Morgan fingerprint density at radius 3 is 2.79 bits per heavy atom. The monoisotopic (exact) mass is 449 g/mol. The third-order valence-corrected chi connectivity index (χ3v) is 6.09. The van der Waals surface area contributed by atoms with Crippen molar-refractivity contribution in [2.24, 2.45) is 0 Å². The van der Waals surface area contributed by atoms with Crippen molar-refractivity contribution in [3.63, 3.8) is 0 Å². The van der Waals surface area contributed by atoms with E-state index in [1.807, 2.05) is 36.0 Å². The van der Waals surface area contributed by atoms with Crippen LogP contribution in [0.1, 0.15) is 36.1 Å². The van der Waals surface area contributed by atoms with Crippen molar-refractivity contribution in [2.45, 2.75) is 31.8 Å². The summed E-state index contributed by atoms with van der Waals surface area (Å²) in [4.78, 5) is 22.7. The molecule has 1 atom stereocenters. The fourth-order valence-electron chi connectivity index (χ4n) is 4.27. The highest BCUT2D eigenvalue weighted by Crippen LogP contribution is 2.31. The van der Waals surface area contributed by atoms with Gasteiger partial charge >= 0.3 is 6.09 Å². The number of aryl methyl sites for hydroxylation is 1. The second-order valence-corrected chi connectivity index (χ2v) is 8.67. The van der Waals surface area contributed by atoms with Crippen molar-refractivity contribution in [1.29, 1.82) is 0 Å². The van der Waals surface area contributed by atoms with Gasteiger partial charge in [0.15, 0.2) is 11.6 Å². The number of nitrogens with zero attached hydrogens (tertiary/aromatic N) is 5. The molecule has 10 nitrogen and oxygen atoms in total. The molecule has 1 amide bonds. The van der Waals surface area contributed by atoms with Gasteiger partial charge in [0.05, 0.1) is 36.4 Å². The second kappa shape index (κ2) is 8.70. The predicted molar refractivity (Wildman–Crippen MR) is 122 cm³/mol. The maximum absolute atomic E-state index is 11.4. The number of carbonyl (C=O) groups is 1. The molecule has 2 aliphatic rings. The van der Waals surface area contributed by atoms with E-state index in [0.29, 0.717) is 24.1 Å². The minimum atomic E-state index is -0.410. The number of nitrogen functional groups attached to an aromatic ring is 1. The van der Waals surface area contributed by atoms with Crippen molar-refractivity contribution in [3.05, 3.63) is 47.9 Å². The van der Waals surface area contributed by atoms with Gasteiger partial charge in [0.2, 0.25) is 0 Å². The van der Waals surface area contributed by atoms with E-state index >= 15 is 0 Å². The summed E-state index contributed by atoms with van der Waals surface area (Å²) >= 11 is 0. The minimum absolute atomic E-state index is 0.195. The Bertz CT molecular complexity index is 1170. The van der Waals surface area contributed by atoms with Crippen LogP contribution >= 0.6 is 0 Å². The number of hydrogen-bond acceptors (Lipinski definition) is 8. The topological polar surface area (TPSA) is 120 Å². The molecule has 2 aromatic heterocycles. The number of anilines is 1. The Morgan fingerprint density at radius 2 is 2.03 bits per heavy atom. The van der Waals surface area contributed by atoms with Crippen molar-refractivity contribution in [3.8, 4) is 22.9 Å². The number of cyclic esters (lactones) is 1. The van der Waals surface area contributed by atoms with Gasteiger partial charge in [-0.3, -0.25) is 4.68 Å². The average molecular weight is 450 g/mol. The van der Waals surface area contributed by atoms with E-state index in [1.54, 1.807) is 12.4 Å². The van der Waals surface area contributed by atoms with Crippen LogP contribution in [0.2, 0.25) is 0 Å². The molecule has 10 heteroatoms. The maximum Gasteiger partial charge on any atom is 0.407 e. The molecule has 33 heavy (non-hydrogen) atoms. The number of nitrogens with two attached hydrogens (primary N) is 1. The van der Waals surface area contributed by atoms with Crippen LogP contribution in [0.5, 0.6) is 11.6 Å². The molecular weight excluding hydrogens is 422 g/mol. The molecule has 0 bridgehead atoms. The Kier molecular flexibility index (Phi) is 5.59. The van der Waals surface area contributed by atoms with Crippen LogP contribution in [0.3, 0.4) is 0 Å². The molecule has 2 fully saturated rings. The number of piperidine rings is 1. The van der Waals surface area contributed by atoms with Crippen LogP contribution in [0.4, 0.5) is 10.6 Å². The molecule has 172 valence electrons. The molecule has 0 spiro atoms. The summed E-state index contributed by atoms with van der Waals surface area (Å²) in [7, 11) is 2.14. The highest BCUT2D eigenvalue weighted by atomic mass is 16.6. The highest BCUT2D eigenvalue weighted by Gasteiger charge is 2.25. The van der Waals surface area contributed by atoms with Gasteiger partial charge in [-0.1, -0.05) is 11.6 Å². The number of amides is 1. The van der Waals surface area contributed by atoms with Crippen molar-refractivity contribution >= 4 is 11.9 Å². The first kappa shape index (κ1) is 21.2. The highest BCUT2D eigenvalue weighted by molar-refractivity contribution is 5.71. The van der Waals surface area contributed by atoms with Crippen molar-refractivity contribution in [1.82, 2.24) is 30.0 Å². The Balaban J connectivity index is 1.37. The summed E-state index contributed by atoms with van der Waals surface area (Å²) in [6.07, 6.45) is 6.88. The van der Waals surface area contributed by atoms with E-state index < -0.39 is 6.09 Å². The summed E-state index contributed by atoms with van der Waals surface area (Å²) < 4.78 is 13.0. The number of aromatic nitrogens is 4. The van der Waals surface area contributed by atoms with Crippen LogP contribution in [-0.2, 0) is 4.74 Å². The number of hydrogen-bond donors (Lipinski definition) is 2. The van der Waals surface area contributed by atoms with Crippen LogP contribution in [0.25, 0.3) is 11.3 Å². The summed E-state index contributed by atoms with van der Waals surface area (Å²) in [5.74, 6) is 1.01. The molecule has 0 aliphatic carbocycles. The lowest BCUT2D eigenvalue weighted by Gasteiger charge is -2.28. The van der Waals surface area contributed by atoms with Gasteiger partial charge in [-0.25, -0.2) is 14.8 Å². The normalized spacial score (nSPS) is 19.3. The smallest absolute Gasteiger partial charge is 0.407 e. The maximum atomic E-state index is 11.4. The molecule has 5 rings (SSSR count). The lowest BCUT2D eigenvalue weighted by molar-refractivity contribution is 0.177. The molecule has 0 saturated carbocycles. The third-order valence-electron chi connectivity index (χ3n) is 6.09. The number of alkyl carbamates (subject to hydrolysis) is 1. The Hall–Kier alpha value is -3.66. The van der Waals surface area contributed by atoms with Crippen LogP contribution in [-0.4, -0.2) is 57.5 Å². The van der Waals surface area contributed by atoms with E-state index in [0.717, 1.165) is 42.6 Å². The van der Waals surface area contributed by atoms with E-state index in [1.165, 1.54) is 0 Å². The zero-order valence-corrected chi connectivity index (χ0v) is 18.7. The quantitative estimate of drug-likeness (QED) is 0.610. The zero-order chi connectivity index (χ0) is 22.9. The van der Waals surface area contributed by atoms with Gasteiger partial charge in [-0.15, -0.1) is 0 Å². The first-order valence-electron chi connectivity index (χ1n) is 11.0. The Labute approximate surface area is 191 Å². The number of carbonyl (C=O) groups excluding carboxylic acids is 1. The van der Waals surface area contributed by atoms with E-state index in [2.05, 4.69) is 32.3 Å². The van der Waals surface area contributed by atoms with Crippen LogP contribution in [0, 0.1) is 6.92 Å². The largest absolute Gasteiger partial charge is 0.447 e. The average Bonchev–Trinajstić information content (AvgIpc) is 3.44. The number of benzene rings is 1. The van der Waals surface area contributed by atoms with Gasteiger partial charge in [-0.05, 0) is 57.6 Å². The van der Waals surface area contributed by atoms with Crippen LogP contribution < -0.4 is 15.8 Å². The second-order valence-electron chi connectivity index (χ2n) is 8.67. The van der Waals surface area contributed by atoms with Gasteiger partial charge in [-0.2, -0.15) is 5.10 Å². The molecular formula is C23H27N7O3. The van der Waals surface area contributed by atoms with Gasteiger partial charge < -0.3 is 25.4 Å². The molecule has 2 aliphatic heterocycles. The fourth-order valence-corrected chi connectivity index (χ4v) is 4.27. The molecule has 3 aromatic rings. The Morgan fingerprint density at radius 1 is 1.21 bits per heavy atom. The third kappa shape index (κ3) is 4.61. The number of likely N-dealkylation sites (tertiary alicyclic amines) is 1. The van der Waals surface area contributed by atoms with Crippen LogP contribution in [0.15, 0.2) is 36.8 Å². The zero-order valence-electron chi connectivity index (χ0n) is 18.7. The predicted octanol–water partition coefficient (Wildman–Crippen LogP) is 3.07. The van der Waals surface area contributed by atoms with E-state index in [4.69, 9.17) is 15.2 Å². The standard InChI is InChI=1S/C23H27N7O3/c1-14-7-15(9-16(8-14)20-13-32-23(31)28-20)19-11-25-21(24)22(27-19)33-18-10-26-30(12-18)17-3-5-29(2)6-4-17/h7-12,17,20H,3-6,13H2,1-2H3,(H2,24,25)(H,28,31). The van der Waals surface area contributed by atoms with Gasteiger partial charge in [0, 0.05) is 5.56 Å².